The number of nitrogens with zero attached hydrogens (tertiary/aromatic N) is 4. The van der Waals surface area contributed by atoms with E-state index in [1.807, 2.05) is 4.90 Å². The molecule has 1 aromatic rings. The summed E-state index contributed by atoms with van der Waals surface area (Å²) in [5, 5.41) is 4.39. The van der Waals surface area contributed by atoms with Crippen LogP contribution in [0.15, 0.2) is 4.79 Å². The molecule has 1 unspecified atom stereocenters. The molecule has 1 saturated heterocycles. The summed E-state index contributed by atoms with van der Waals surface area (Å²) in [6, 6.07) is 0.280. The van der Waals surface area contributed by atoms with Gasteiger partial charge in [-0.3, -0.25) is 9.36 Å². The maximum absolute atomic E-state index is 12.4. The number of carbonyl (C=O) groups is 1. The van der Waals surface area contributed by atoms with Crippen LogP contribution in [0.1, 0.15) is 51.3 Å². The van der Waals surface area contributed by atoms with Gasteiger partial charge in [-0.25, -0.2) is 9.48 Å². The van der Waals surface area contributed by atoms with Crippen molar-refractivity contribution in [1.29, 1.82) is 0 Å². The summed E-state index contributed by atoms with van der Waals surface area (Å²) in [5.41, 5.74) is -0.120. The van der Waals surface area contributed by atoms with Crippen molar-refractivity contribution in [2.45, 2.75) is 71.0 Å². The number of carbonyl (C=O) groups excluding carboxylic acids is 1. The Hall–Kier alpha value is -1.59. The third-order valence-corrected chi connectivity index (χ3v) is 4.69. The van der Waals surface area contributed by atoms with Crippen LogP contribution in [0.2, 0.25) is 0 Å². The van der Waals surface area contributed by atoms with E-state index in [2.05, 4.69) is 12.0 Å². The lowest BCUT2D eigenvalue weighted by molar-refractivity contribution is -0.135. The average molecular weight is 292 g/mol. The summed E-state index contributed by atoms with van der Waals surface area (Å²) in [4.78, 5) is 26.7. The van der Waals surface area contributed by atoms with Crippen LogP contribution >= 0.6 is 0 Å². The van der Waals surface area contributed by atoms with Crippen LogP contribution in [0.3, 0.4) is 0 Å². The van der Waals surface area contributed by atoms with Gasteiger partial charge in [-0.1, -0.05) is 6.42 Å². The Balaban J connectivity index is 1.76. The van der Waals surface area contributed by atoms with E-state index in [1.165, 1.54) is 11.1 Å². The van der Waals surface area contributed by atoms with E-state index in [0.717, 1.165) is 57.4 Å². The first-order valence-corrected chi connectivity index (χ1v) is 8.13. The molecule has 0 saturated carbocycles. The molecule has 0 radical (unpaired) electrons. The van der Waals surface area contributed by atoms with Gasteiger partial charge in [0.25, 0.3) is 0 Å². The summed E-state index contributed by atoms with van der Waals surface area (Å²) in [5.74, 6) is 0.870. The molecule has 1 amide bonds. The molecule has 6 nitrogen and oxygen atoms in total. The summed E-state index contributed by atoms with van der Waals surface area (Å²) < 4.78 is 3.12. The fourth-order valence-corrected chi connectivity index (χ4v) is 3.42. The zero-order valence-corrected chi connectivity index (χ0v) is 12.8. The van der Waals surface area contributed by atoms with E-state index in [1.54, 1.807) is 4.57 Å². The van der Waals surface area contributed by atoms with Crippen LogP contribution in [-0.4, -0.2) is 37.7 Å². The Labute approximate surface area is 124 Å². The van der Waals surface area contributed by atoms with Crippen molar-refractivity contribution < 1.29 is 4.79 Å². The van der Waals surface area contributed by atoms with Gasteiger partial charge < -0.3 is 4.90 Å². The van der Waals surface area contributed by atoms with Crippen molar-refractivity contribution in [3.8, 4) is 0 Å². The van der Waals surface area contributed by atoms with Crippen LogP contribution in [-0.2, 0) is 24.3 Å². The van der Waals surface area contributed by atoms with Gasteiger partial charge in [-0.2, -0.15) is 5.10 Å². The highest BCUT2D eigenvalue weighted by Gasteiger charge is 2.25. The maximum Gasteiger partial charge on any atom is 0.346 e. The largest absolute Gasteiger partial charge is 0.346 e. The first kappa shape index (κ1) is 14.4. The molecule has 0 bridgehead atoms. The lowest BCUT2D eigenvalue weighted by Gasteiger charge is -2.33. The normalized spacial score (nSPS) is 22.7. The Bertz CT molecular complexity index is 575. The van der Waals surface area contributed by atoms with Crippen LogP contribution in [0.4, 0.5) is 0 Å². The minimum Gasteiger partial charge on any atom is -0.338 e. The molecule has 2 aliphatic heterocycles. The molecule has 0 N–H and O–H groups in total. The number of piperidine rings is 1. The number of likely N-dealkylation sites (tertiary alicyclic amines) is 1. The molecular weight excluding hydrogens is 268 g/mol. The quantitative estimate of drug-likeness (QED) is 0.822. The lowest BCUT2D eigenvalue weighted by Crippen LogP contribution is -2.44. The summed E-state index contributed by atoms with van der Waals surface area (Å²) in [6.07, 6.45) is 7.39. The van der Waals surface area contributed by atoms with Crippen molar-refractivity contribution >= 4 is 5.91 Å². The fourth-order valence-electron chi connectivity index (χ4n) is 3.42. The molecule has 116 valence electrons. The van der Waals surface area contributed by atoms with Crippen molar-refractivity contribution in [1.82, 2.24) is 19.2 Å². The van der Waals surface area contributed by atoms with E-state index in [4.69, 9.17) is 0 Å². The number of hydrogen-bond donors (Lipinski definition) is 0. The Morgan fingerprint density at radius 3 is 2.81 bits per heavy atom. The van der Waals surface area contributed by atoms with Crippen molar-refractivity contribution in [2.24, 2.45) is 0 Å². The molecular formula is C15H24N4O2. The monoisotopic (exact) mass is 292 g/mol. The van der Waals surface area contributed by atoms with E-state index >= 15 is 0 Å². The van der Waals surface area contributed by atoms with E-state index < -0.39 is 0 Å². The summed E-state index contributed by atoms with van der Waals surface area (Å²) >= 11 is 0. The van der Waals surface area contributed by atoms with Gasteiger partial charge in [0, 0.05) is 25.6 Å². The van der Waals surface area contributed by atoms with Gasteiger partial charge in [0.1, 0.15) is 12.4 Å². The Kier molecular flexibility index (Phi) is 4.12. The van der Waals surface area contributed by atoms with Gasteiger partial charge in [0.2, 0.25) is 5.91 Å². The van der Waals surface area contributed by atoms with E-state index in [9.17, 15) is 9.59 Å². The predicted octanol–water partition coefficient (Wildman–Crippen LogP) is 1.17. The second kappa shape index (κ2) is 6.03. The maximum atomic E-state index is 12.4. The molecule has 0 aromatic carbocycles. The fraction of sp³-hybridized carbons (Fsp3) is 0.800. The van der Waals surface area contributed by atoms with Crippen LogP contribution in [0, 0.1) is 0 Å². The summed E-state index contributed by atoms with van der Waals surface area (Å²) in [7, 11) is 0. The smallest absolute Gasteiger partial charge is 0.338 e. The van der Waals surface area contributed by atoms with Crippen molar-refractivity contribution in [3.05, 3.63) is 16.3 Å². The third kappa shape index (κ3) is 2.89. The molecule has 2 aliphatic rings. The number of hydrogen-bond acceptors (Lipinski definition) is 3. The third-order valence-electron chi connectivity index (χ3n) is 4.69. The Morgan fingerprint density at radius 1 is 1.19 bits per heavy atom. The molecule has 3 heterocycles. The first-order chi connectivity index (χ1) is 10.2. The second-order valence-corrected chi connectivity index (χ2v) is 6.25. The SMILES string of the molecule is CC1CCCCN1C(=O)Cn1nc2n(c1=O)CCCCC2. The number of aryl methyl sites for hydroxylation is 1. The molecule has 1 fully saturated rings. The standard InChI is InChI=1S/C15H24N4O2/c1-12-7-4-6-9-17(12)14(20)11-19-15(21)18-10-5-2-3-8-13(18)16-19/h12H,2-11H2,1H3. The first-order valence-electron chi connectivity index (χ1n) is 8.13. The second-order valence-electron chi connectivity index (χ2n) is 6.25. The summed E-state index contributed by atoms with van der Waals surface area (Å²) in [6.45, 7) is 3.72. The highest BCUT2D eigenvalue weighted by Crippen LogP contribution is 2.17. The highest BCUT2D eigenvalue weighted by atomic mass is 16.2. The van der Waals surface area contributed by atoms with Gasteiger partial charge in [0.05, 0.1) is 0 Å². The van der Waals surface area contributed by atoms with Gasteiger partial charge in [0.15, 0.2) is 0 Å². The lowest BCUT2D eigenvalue weighted by atomic mass is 10.0. The van der Waals surface area contributed by atoms with E-state index in [0.29, 0.717) is 0 Å². The van der Waals surface area contributed by atoms with Gasteiger partial charge >= 0.3 is 5.69 Å². The number of aromatic nitrogens is 3. The highest BCUT2D eigenvalue weighted by molar-refractivity contribution is 5.76. The molecule has 21 heavy (non-hydrogen) atoms. The van der Waals surface area contributed by atoms with Gasteiger partial charge in [-0.15, -0.1) is 0 Å². The van der Waals surface area contributed by atoms with Gasteiger partial charge in [-0.05, 0) is 39.0 Å². The van der Waals surface area contributed by atoms with E-state index in [-0.39, 0.29) is 24.2 Å². The molecule has 1 atom stereocenters. The van der Waals surface area contributed by atoms with Crippen molar-refractivity contribution in [2.75, 3.05) is 6.54 Å². The zero-order valence-electron chi connectivity index (χ0n) is 12.8. The Morgan fingerprint density at radius 2 is 2.00 bits per heavy atom. The number of amides is 1. The minimum absolute atomic E-state index is 0.0255. The van der Waals surface area contributed by atoms with Crippen LogP contribution in [0.25, 0.3) is 0 Å². The van der Waals surface area contributed by atoms with Crippen LogP contribution in [0.5, 0.6) is 0 Å². The van der Waals surface area contributed by atoms with Crippen molar-refractivity contribution in [3.63, 3.8) is 0 Å². The molecule has 0 spiro atoms. The zero-order chi connectivity index (χ0) is 14.8. The average Bonchev–Trinajstić information content (AvgIpc) is 2.66. The van der Waals surface area contributed by atoms with Crippen LogP contribution < -0.4 is 5.69 Å². The topological polar surface area (TPSA) is 60.1 Å². The molecule has 3 rings (SSSR count). The molecule has 6 heteroatoms. The number of fused-ring (bicyclic) bond motifs is 1. The minimum atomic E-state index is -0.120. The predicted molar refractivity (Wildman–Crippen MR) is 79.1 cm³/mol. The molecule has 1 aromatic heterocycles. The number of rotatable bonds is 2. The molecule has 0 aliphatic carbocycles.